The van der Waals surface area contributed by atoms with E-state index in [0.29, 0.717) is 23.6 Å². The molecule has 2 aromatic heterocycles. The van der Waals surface area contributed by atoms with Crippen molar-refractivity contribution in [3.63, 3.8) is 0 Å². The summed E-state index contributed by atoms with van der Waals surface area (Å²) in [7, 11) is -2.61. The van der Waals surface area contributed by atoms with E-state index in [9.17, 15) is 17.6 Å². The minimum Gasteiger partial charge on any atom is -0.468 e. The summed E-state index contributed by atoms with van der Waals surface area (Å²) in [5.74, 6) is -0.800. The van der Waals surface area contributed by atoms with Gasteiger partial charge in [0.15, 0.2) is 11.0 Å². The van der Waals surface area contributed by atoms with Gasteiger partial charge in [0.1, 0.15) is 18.1 Å². The fraction of sp³-hybridized carbons (Fsp3) is 0.471. The number of esters is 1. The minimum atomic E-state index is -3.80. The van der Waals surface area contributed by atoms with Crippen LogP contribution >= 0.6 is 11.6 Å². The van der Waals surface area contributed by atoms with E-state index in [4.69, 9.17) is 11.6 Å². The van der Waals surface area contributed by atoms with E-state index in [1.165, 1.54) is 23.5 Å². The maximum atomic E-state index is 13.1. The van der Waals surface area contributed by atoms with Gasteiger partial charge in [-0.25, -0.2) is 14.4 Å². The Labute approximate surface area is 172 Å². The van der Waals surface area contributed by atoms with Gasteiger partial charge in [0.25, 0.3) is 10.2 Å². The molecule has 0 aromatic carbocycles. The molecular formula is C17H21ClFN5O4S. The lowest BCUT2D eigenvalue weighted by molar-refractivity contribution is -0.139. The molecule has 1 fully saturated rings. The summed E-state index contributed by atoms with van der Waals surface area (Å²) < 4.78 is 45.9. The first kappa shape index (κ1) is 21.6. The Balaban J connectivity index is 1.71. The lowest BCUT2D eigenvalue weighted by Crippen LogP contribution is -2.48. The highest BCUT2D eigenvalue weighted by atomic mass is 35.5. The minimum absolute atomic E-state index is 0.0451. The summed E-state index contributed by atoms with van der Waals surface area (Å²) >= 11 is 6.31. The van der Waals surface area contributed by atoms with E-state index in [2.05, 4.69) is 24.4 Å². The third kappa shape index (κ3) is 4.92. The number of halogens is 2. The molecule has 0 amide bonds. The molecule has 12 heteroatoms. The molecule has 2 N–H and O–H groups in total. The number of imidazole rings is 1. The van der Waals surface area contributed by atoms with Gasteiger partial charge in [-0.3, -0.25) is 4.79 Å². The fourth-order valence-electron chi connectivity index (χ4n) is 3.32. The standard InChI is InChI=1S/C17H21ClFN5O4S/c1-10-9-24(29(26,27)21-8-14(25)28-2)6-5-12(10)15-16(18)23-17(22-15)13-4-3-11(19)7-20-13/h3-4,7,10,12,21H,5-6,8-9H2,1-2H3,(H,22,23)/t10-,12+/m0/s1. The van der Waals surface area contributed by atoms with Crippen LogP contribution < -0.4 is 4.72 Å². The first-order valence-electron chi connectivity index (χ1n) is 8.90. The van der Waals surface area contributed by atoms with Crippen LogP contribution in [0.5, 0.6) is 0 Å². The smallest absolute Gasteiger partial charge is 0.320 e. The summed E-state index contributed by atoms with van der Waals surface area (Å²) in [5.41, 5.74) is 1.15. The number of ether oxygens (including phenoxy) is 1. The molecule has 9 nitrogen and oxygen atoms in total. The molecule has 0 unspecified atom stereocenters. The Bertz CT molecular complexity index is 982. The van der Waals surface area contributed by atoms with Crippen LogP contribution in [0.1, 0.15) is 25.0 Å². The molecule has 0 radical (unpaired) electrons. The van der Waals surface area contributed by atoms with E-state index in [0.717, 1.165) is 6.20 Å². The molecule has 1 aliphatic rings. The van der Waals surface area contributed by atoms with E-state index >= 15 is 0 Å². The maximum absolute atomic E-state index is 13.1. The highest BCUT2D eigenvalue weighted by Gasteiger charge is 2.35. The number of pyridine rings is 1. The maximum Gasteiger partial charge on any atom is 0.320 e. The van der Waals surface area contributed by atoms with Gasteiger partial charge in [0.2, 0.25) is 0 Å². The zero-order chi connectivity index (χ0) is 21.2. The second kappa shape index (κ2) is 8.74. The van der Waals surface area contributed by atoms with E-state index < -0.39 is 28.5 Å². The molecule has 2 aromatic rings. The first-order valence-corrected chi connectivity index (χ1v) is 10.7. The van der Waals surface area contributed by atoms with Crippen molar-refractivity contribution in [2.45, 2.75) is 19.3 Å². The lowest BCUT2D eigenvalue weighted by Gasteiger charge is -2.35. The number of aromatic amines is 1. The summed E-state index contributed by atoms with van der Waals surface area (Å²) in [6, 6.07) is 2.78. The average molecular weight is 446 g/mol. The van der Waals surface area contributed by atoms with Gasteiger partial charge in [0.05, 0.1) is 19.0 Å². The number of carbonyl (C=O) groups is 1. The molecule has 158 valence electrons. The molecule has 1 aliphatic heterocycles. The van der Waals surface area contributed by atoms with Gasteiger partial charge in [-0.15, -0.1) is 0 Å². The number of aromatic nitrogens is 3. The zero-order valence-corrected chi connectivity index (χ0v) is 17.4. The largest absolute Gasteiger partial charge is 0.468 e. The zero-order valence-electron chi connectivity index (χ0n) is 15.9. The van der Waals surface area contributed by atoms with Crippen LogP contribution in [0.25, 0.3) is 11.5 Å². The monoisotopic (exact) mass is 445 g/mol. The van der Waals surface area contributed by atoms with Crippen LogP contribution in [-0.2, 0) is 19.7 Å². The number of methoxy groups -OCH3 is 1. The van der Waals surface area contributed by atoms with Crippen molar-refractivity contribution in [2.24, 2.45) is 5.92 Å². The number of hydrogen-bond acceptors (Lipinski definition) is 6. The van der Waals surface area contributed by atoms with Crippen LogP contribution in [0.4, 0.5) is 4.39 Å². The third-order valence-electron chi connectivity index (χ3n) is 4.86. The molecular weight excluding hydrogens is 425 g/mol. The SMILES string of the molecule is COC(=O)CNS(=O)(=O)N1CC[C@@H](c2[nH]c(-c3ccc(F)cn3)nc2Cl)[C@@H](C)C1. The van der Waals surface area contributed by atoms with Crippen molar-refractivity contribution in [3.05, 3.63) is 35.0 Å². The molecule has 2 atom stereocenters. The van der Waals surface area contributed by atoms with E-state index in [-0.39, 0.29) is 30.1 Å². The normalized spacial score (nSPS) is 20.6. The van der Waals surface area contributed by atoms with Crippen molar-refractivity contribution >= 4 is 27.8 Å². The third-order valence-corrected chi connectivity index (χ3v) is 6.67. The van der Waals surface area contributed by atoms with Crippen molar-refractivity contribution in [1.82, 2.24) is 24.0 Å². The number of H-pyrrole nitrogens is 1. The van der Waals surface area contributed by atoms with Gasteiger partial charge >= 0.3 is 5.97 Å². The van der Waals surface area contributed by atoms with Crippen molar-refractivity contribution in [3.8, 4) is 11.5 Å². The molecule has 3 rings (SSSR count). The highest BCUT2D eigenvalue weighted by molar-refractivity contribution is 7.87. The number of nitrogens with one attached hydrogen (secondary N) is 2. The Kier molecular flexibility index (Phi) is 6.52. The Hall–Kier alpha value is -2.08. The quantitative estimate of drug-likeness (QED) is 0.653. The van der Waals surface area contributed by atoms with Crippen molar-refractivity contribution in [2.75, 3.05) is 26.7 Å². The Morgan fingerprint density at radius 1 is 1.48 bits per heavy atom. The van der Waals surface area contributed by atoms with Gasteiger partial charge in [-0.2, -0.15) is 17.4 Å². The van der Waals surface area contributed by atoms with Crippen LogP contribution in [0.2, 0.25) is 5.15 Å². The molecule has 0 bridgehead atoms. The topological polar surface area (TPSA) is 117 Å². The molecule has 29 heavy (non-hydrogen) atoms. The predicted molar refractivity (Wildman–Crippen MR) is 104 cm³/mol. The fourth-order valence-corrected chi connectivity index (χ4v) is 4.85. The second-order valence-electron chi connectivity index (χ2n) is 6.78. The lowest BCUT2D eigenvalue weighted by atomic mass is 9.86. The van der Waals surface area contributed by atoms with E-state index in [1.807, 2.05) is 6.92 Å². The molecule has 0 aliphatic carbocycles. The first-order chi connectivity index (χ1) is 13.7. The second-order valence-corrected chi connectivity index (χ2v) is 8.90. The number of carbonyl (C=O) groups excluding carboxylic acids is 1. The van der Waals surface area contributed by atoms with Gasteiger partial charge < -0.3 is 9.72 Å². The molecule has 0 spiro atoms. The van der Waals surface area contributed by atoms with Crippen LogP contribution in [-0.4, -0.2) is 60.4 Å². The van der Waals surface area contributed by atoms with Gasteiger partial charge in [0, 0.05) is 19.0 Å². The average Bonchev–Trinajstić information content (AvgIpc) is 3.08. The summed E-state index contributed by atoms with van der Waals surface area (Å²) in [5, 5.41) is 0.281. The molecule has 3 heterocycles. The highest BCUT2D eigenvalue weighted by Crippen LogP contribution is 2.37. The number of piperidine rings is 1. The van der Waals surface area contributed by atoms with Gasteiger partial charge in [-0.1, -0.05) is 18.5 Å². The Morgan fingerprint density at radius 3 is 2.86 bits per heavy atom. The summed E-state index contributed by atoms with van der Waals surface area (Å²) in [6.07, 6.45) is 1.61. The van der Waals surface area contributed by atoms with Crippen molar-refractivity contribution in [1.29, 1.82) is 0 Å². The van der Waals surface area contributed by atoms with E-state index in [1.54, 1.807) is 0 Å². The van der Waals surface area contributed by atoms with Crippen molar-refractivity contribution < 1.29 is 22.3 Å². The Morgan fingerprint density at radius 2 is 2.24 bits per heavy atom. The molecule has 1 saturated heterocycles. The number of nitrogens with zero attached hydrogens (tertiary/aromatic N) is 3. The predicted octanol–water partition coefficient (Wildman–Crippen LogP) is 1.70. The van der Waals surface area contributed by atoms with Crippen LogP contribution in [0.15, 0.2) is 18.3 Å². The number of rotatable bonds is 6. The number of hydrogen-bond donors (Lipinski definition) is 2. The summed E-state index contributed by atoms with van der Waals surface area (Å²) in [6.45, 7) is 2.00. The van der Waals surface area contributed by atoms with Crippen LogP contribution in [0, 0.1) is 11.7 Å². The van der Waals surface area contributed by atoms with Gasteiger partial charge in [-0.05, 0) is 24.5 Å². The van der Waals surface area contributed by atoms with Crippen LogP contribution in [0.3, 0.4) is 0 Å². The molecule has 0 saturated carbocycles. The summed E-state index contributed by atoms with van der Waals surface area (Å²) in [4.78, 5) is 22.6.